The van der Waals surface area contributed by atoms with Crippen LogP contribution in [0.5, 0.6) is 0 Å². The van der Waals surface area contributed by atoms with E-state index >= 15 is 0 Å². The molecule has 1 aromatic heterocycles. The predicted molar refractivity (Wildman–Crippen MR) is 70.9 cm³/mol. The number of carbonyl (C=O) groups excluding carboxylic acids is 1. The summed E-state index contributed by atoms with van der Waals surface area (Å²) in [6, 6.07) is 7.18. The Balaban J connectivity index is 2.33. The number of H-pyrrole nitrogens is 1. The summed E-state index contributed by atoms with van der Waals surface area (Å²) >= 11 is 0. The number of hydrogen-bond acceptors (Lipinski definition) is 4. The number of benzene rings is 1. The molecule has 0 bridgehead atoms. The topological polar surface area (TPSA) is 112 Å². The van der Waals surface area contributed by atoms with Crippen molar-refractivity contribution < 1.29 is 14.7 Å². The van der Waals surface area contributed by atoms with E-state index in [1.165, 1.54) is 12.1 Å². The lowest BCUT2D eigenvalue weighted by atomic mass is 10.1. The van der Waals surface area contributed by atoms with Crippen LogP contribution < -0.4 is 10.9 Å². The first-order chi connectivity index (χ1) is 9.49. The van der Waals surface area contributed by atoms with E-state index in [0.29, 0.717) is 5.56 Å². The van der Waals surface area contributed by atoms with Crippen LogP contribution in [0.3, 0.4) is 0 Å². The number of anilines is 1. The second-order valence-electron chi connectivity index (χ2n) is 4.06. The molecule has 102 valence electrons. The second-order valence-corrected chi connectivity index (χ2v) is 4.06. The fraction of sp³-hybridized carbons (Fsp3) is 0.0769. The molecular weight excluding hydrogens is 262 g/mol. The van der Waals surface area contributed by atoms with Crippen LogP contribution in [0.2, 0.25) is 0 Å². The number of aryl methyl sites for hydroxylation is 1. The number of hydrogen-bond donors (Lipinski definition) is 3. The van der Waals surface area contributed by atoms with E-state index in [9.17, 15) is 14.4 Å². The molecule has 1 heterocycles. The standard InChI is InChI=1S/C13H11N3O4/c1-7-3-2-4-8(11(7)13(19)20)14-12(18)9-5-6-10(17)16-15-9/h2-6H,1H3,(H,14,18)(H,16,17)(H,19,20). The van der Waals surface area contributed by atoms with Crippen molar-refractivity contribution in [3.05, 3.63) is 57.5 Å². The molecule has 0 aliphatic heterocycles. The van der Waals surface area contributed by atoms with Gasteiger partial charge in [-0.1, -0.05) is 12.1 Å². The molecular formula is C13H11N3O4. The molecule has 1 aromatic carbocycles. The Morgan fingerprint density at radius 1 is 1.25 bits per heavy atom. The molecule has 7 nitrogen and oxygen atoms in total. The van der Waals surface area contributed by atoms with Crippen molar-refractivity contribution in [1.29, 1.82) is 0 Å². The smallest absolute Gasteiger partial charge is 0.338 e. The number of aromatic amines is 1. The number of aromatic nitrogens is 2. The Hall–Kier alpha value is -2.96. The maximum atomic E-state index is 11.9. The average Bonchev–Trinajstić information content (AvgIpc) is 2.39. The largest absolute Gasteiger partial charge is 0.478 e. The Morgan fingerprint density at radius 3 is 2.60 bits per heavy atom. The number of rotatable bonds is 3. The van der Waals surface area contributed by atoms with Gasteiger partial charge in [0, 0.05) is 6.07 Å². The number of nitrogens with one attached hydrogen (secondary N) is 2. The summed E-state index contributed by atoms with van der Waals surface area (Å²) in [7, 11) is 0. The van der Waals surface area contributed by atoms with Crippen LogP contribution >= 0.6 is 0 Å². The molecule has 1 amide bonds. The van der Waals surface area contributed by atoms with Crippen LogP contribution in [-0.2, 0) is 0 Å². The molecule has 0 radical (unpaired) electrons. The van der Waals surface area contributed by atoms with Crippen molar-refractivity contribution in [1.82, 2.24) is 10.2 Å². The van der Waals surface area contributed by atoms with Gasteiger partial charge in [0.05, 0.1) is 11.3 Å². The molecule has 2 rings (SSSR count). The van der Waals surface area contributed by atoms with Crippen molar-refractivity contribution in [3.8, 4) is 0 Å². The maximum absolute atomic E-state index is 11.9. The van der Waals surface area contributed by atoms with Gasteiger partial charge in [0.2, 0.25) is 0 Å². The van der Waals surface area contributed by atoms with Crippen LogP contribution in [-0.4, -0.2) is 27.2 Å². The molecule has 0 unspecified atom stereocenters. The SMILES string of the molecule is Cc1cccc(NC(=O)c2ccc(=O)[nH]n2)c1C(=O)O. The van der Waals surface area contributed by atoms with Gasteiger partial charge in [0.1, 0.15) is 5.69 Å². The van der Waals surface area contributed by atoms with Crippen molar-refractivity contribution in [2.24, 2.45) is 0 Å². The molecule has 3 N–H and O–H groups in total. The molecule has 0 saturated heterocycles. The Labute approximate surface area is 113 Å². The van der Waals surface area contributed by atoms with Gasteiger partial charge in [-0.15, -0.1) is 0 Å². The third kappa shape index (κ3) is 2.72. The summed E-state index contributed by atoms with van der Waals surface area (Å²) in [5.41, 5.74) is 0.288. The van der Waals surface area contributed by atoms with Crippen molar-refractivity contribution in [3.63, 3.8) is 0 Å². The lowest BCUT2D eigenvalue weighted by molar-refractivity contribution is 0.0697. The number of carboxylic acids is 1. The van der Waals surface area contributed by atoms with Gasteiger partial charge in [0.25, 0.3) is 11.5 Å². The molecule has 0 fully saturated rings. The van der Waals surface area contributed by atoms with Gasteiger partial charge < -0.3 is 10.4 Å². The van der Waals surface area contributed by atoms with Crippen LogP contribution in [0.25, 0.3) is 0 Å². The number of aromatic carboxylic acids is 1. The Morgan fingerprint density at radius 2 is 2.00 bits per heavy atom. The van der Waals surface area contributed by atoms with E-state index in [0.717, 1.165) is 6.07 Å². The molecule has 0 saturated carbocycles. The third-order valence-corrected chi connectivity index (χ3v) is 2.65. The van der Waals surface area contributed by atoms with E-state index in [1.807, 2.05) is 0 Å². The summed E-state index contributed by atoms with van der Waals surface area (Å²) in [5.74, 6) is -1.73. The highest BCUT2D eigenvalue weighted by atomic mass is 16.4. The predicted octanol–water partition coefficient (Wildman–Crippen LogP) is 1.03. The molecule has 2 aromatic rings. The summed E-state index contributed by atoms with van der Waals surface area (Å²) in [6.45, 7) is 1.64. The molecule has 0 spiro atoms. The lowest BCUT2D eigenvalue weighted by Gasteiger charge is -2.09. The van der Waals surface area contributed by atoms with Gasteiger partial charge in [-0.2, -0.15) is 5.10 Å². The van der Waals surface area contributed by atoms with Crippen molar-refractivity contribution in [2.45, 2.75) is 6.92 Å². The Bertz CT molecular complexity index is 716. The minimum absolute atomic E-state index is 0.0116. The number of carboxylic acid groups (broad SMARTS) is 1. The van der Waals surface area contributed by atoms with E-state index in [2.05, 4.69) is 15.5 Å². The maximum Gasteiger partial charge on any atom is 0.338 e. The minimum Gasteiger partial charge on any atom is -0.478 e. The minimum atomic E-state index is -1.13. The van der Waals surface area contributed by atoms with Gasteiger partial charge in [-0.3, -0.25) is 9.59 Å². The molecule has 0 atom stereocenters. The average molecular weight is 273 g/mol. The Kier molecular flexibility index (Phi) is 3.60. The quantitative estimate of drug-likeness (QED) is 0.773. The normalized spacial score (nSPS) is 10.1. The highest BCUT2D eigenvalue weighted by molar-refractivity contribution is 6.07. The zero-order valence-electron chi connectivity index (χ0n) is 10.5. The monoisotopic (exact) mass is 273 g/mol. The van der Waals surface area contributed by atoms with E-state index in [4.69, 9.17) is 5.11 Å². The number of amides is 1. The second kappa shape index (κ2) is 5.35. The van der Waals surface area contributed by atoms with Crippen LogP contribution in [0.1, 0.15) is 26.4 Å². The molecule has 7 heteroatoms. The van der Waals surface area contributed by atoms with E-state index in [1.54, 1.807) is 19.1 Å². The van der Waals surface area contributed by atoms with Crippen molar-refractivity contribution >= 4 is 17.6 Å². The first-order valence-electron chi connectivity index (χ1n) is 5.69. The third-order valence-electron chi connectivity index (χ3n) is 2.65. The summed E-state index contributed by atoms with van der Waals surface area (Å²) in [6.07, 6.45) is 0. The highest BCUT2D eigenvalue weighted by Gasteiger charge is 2.16. The molecule has 0 aliphatic carbocycles. The van der Waals surface area contributed by atoms with E-state index in [-0.39, 0.29) is 16.9 Å². The van der Waals surface area contributed by atoms with Crippen LogP contribution in [0.15, 0.2) is 35.1 Å². The fourth-order valence-electron chi connectivity index (χ4n) is 1.71. The molecule has 20 heavy (non-hydrogen) atoms. The first kappa shape index (κ1) is 13.5. The highest BCUT2D eigenvalue weighted by Crippen LogP contribution is 2.19. The number of nitrogens with zero attached hydrogens (tertiary/aromatic N) is 1. The van der Waals surface area contributed by atoms with E-state index < -0.39 is 17.4 Å². The lowest BCUT2D eigenvalue weighted by Crippen LogP contribution is -2.19. The van der Waals surface area contributed by atoms with Crippen molar-refractivity contribution in [2.75, 3.05) is 5.32 Å². The number of carbonyl (C=O) groups is 2. The zero-order valence-corrected chi connectivity index (χ0v) is 10.5. The van der Waals surface area contributed by atoms with Crippen LogP contribution in [0.4, 0.5) is 5.69 Å². The van der Waals surface area contributed by atoms with Gasteiger partial charge in [-0.25, -0.2) is 9.89 Å². The first-order valence-corrected chi connectivity index (χ1v) is 5.69. The van der Waals surface area contributed by atoms with Gasteiger partial charge in [0.15, 0.2) is 0 Å². The fourth-order valence-corrected chi connectivity index (χ4v) is 1.71. The summed E-state index contributed by atoms with van der Waals surface area (Å²) in [4.78, 5) is 34.0. The van der Waals surface area contributed by atoms with Gasteiger partial charge in [-0.05, 0) is 24.6 Å². The molecule has 0 aliphatic rings. The zero-order chi connectivity index (χ0) is 14.7. The van der Waals surface area contributed by atoms with Gasteiger partial charge >= 0.3 is 5.97 Å². The van der Waals surface area contributed by atoms with Crippen LogP contribution in [0, 0.1) is 6.92 Å². The summed E-state index contributed by atoms with van der Waals surface area (Å²) < 4.78 is 0. The summed E-state index contributed by atoms with van der Waals surface area (Å²) in [5, 5.41) is 17.3.